The molecule has 0 aromatic carbocycles. The summed E-state index contributed by atoms with van der Waals surface area (Å²) in [5, 5.41) is 4.96. The molecule has 0 aromatic heterocycles. The van der Waals surface area contributed by atoms with Crippen LogP contribution in [-0.4, -0.2) is 40.5 Å². The van der Waals surface area contributed by atoms with Gasteiger partial charge in [0.05, 0.1) is 11.8 Å². The zero-order chi connectivity index (χ0) is 20.3. The van der Waals surface area contributed by atoms with Gasteiger partial charge in [0, 0.05) is 18.5 Å². The fourth-order valence-electron chi connectivity index (χ4n) is 3.91. The second-order valence-corrected chi connectivity index (χ2v) is 7.38. The standard InChI is InChI=1S/C20H25N3O5/c1-2-3-4-5-9-15(24)21-13-8-6-7-12-17(13)20(28)23(19(12)27)14-10-11-16(25)22-18(14)26/h6-8,12,14,17H,2-5,9-11H2,1H3,(H,21,24)(H,22,25,26). The molecule has 0 saturated carbocycles. The molecular weight excluding hydrogens is 362 g/mol. The lowest BCUT2D eigenvalue weighted by molar-refractivity contribution is -0.151. The summed E-state index contributed by atoms with van der Waals surface area (Å²) in [6.45, 7) is 2.09. The van der Waals surface area contributed by atoms with Gasteiger partial charge < -0.3 is 5.32 Å². The summed E-state index contributed by atoms with van der Waals surface area (Å²) < 4.78 is 0. The zero-order valence-electron chi connectivity index (χ0n) is 15.9. The molecule has 8 nitrogen and oxygen atoms in total. The SMILES string of the molecule is CCCCCCC(=O)NC1=CC=CC2C(=O)N(C3CCC(=O)NC3=O)C(=O)C12. The number of rotatable bonds is 7. The average Bonchev–Trinajstić information content (AvgIpc) is 2.91. The summed E-state index contributed by atoms with van der Waals surface area (Å²) in [7, 11) is 0. The monoisotopic (exact) mass is 387 g/mol. The highest BCUT2D eigenvalue weighted by Crippen LogP contribution is 2.36. The van der Waals surface area contributed by atoms with Gasteiger partial charge in [-0.15, -0.1) is 0 Å². The quantitative estimate of drug-likeness (QED) is 0.499. The fraction of sp³-hybridized carbons (Fsp3) is 0.550. The van der Waals surface area contributed by atoms with Crippen molar-refractivity contribution in [1.82, 2.24) is 15.5 Å². The van der Waals surface area contributed by atoms with Crippen molar-refractivity contribution in [2.45, 2.75) is 57.9 Å². The van der Waals surface area contributed by atoms with Crippen LogP contribution >= 0.6 is 0 Å². The third kappa shape index (κ3) is 3.90. The summed E-state index contributed by atoms with van der Waals surface area (Å²) in [6.07, 6.45) is 9.33. The molecule has 0 radical (unpaired) electrons. The Hall–Kier alpha value is -2.77. The lowest BCUT2D eigenvalue weighted by Gasteiger charge is -2.28. The Morgan fingerprint density at radius 2 is 1.96 bits per heavy atom. The maximum Gasteiger partial charge on any atom is 0.249 e. The van der Waals surface area contributed by atoms with Crippen LogP contribution in [0.15, 0.2) is 23.9 Å². The number of carbonyl (C=O) groups is 5. The van der Waals surface area contributed by atoms with Crippen LogP contribution in [0.1, 0.15) is 51.9 Å². The van der Waals surface area contributed by atoms with E-state index in [-0.39, 0.29) is 18.7 Å². The predicted molar refractivity (Wildman–Crippen MR) is 99.1 cm³/mol. The Morgan fingerprint density at radius 1 is 1.18 bits per heavy atom. The van der Waals surface area contributed by atoms with E-state index in [1.54, 1.807) is 18.2 Å². The molecule has 0 bridgehead atoms. The van der Waals surface area contributed by atoms with Gasteiger partial charge in [0.1, 0.15) is 6.04 Å². The van der Waals surface area contributed by atoms with Gasteiger partial charge in [-0.25, -0.2) is 0 Å². The van der Waals surface area contributed by atoms with Crippen molar-refractivity contribution in [2.24, 2.45) is 11.8 Å². The molecule has 0 aromatic rings. The normalized spacial score (nSPS) is 26.8. The number of allylic oxidation sites excluding steroid dienone is 2. The number of likely N-dealkylation sites (tertiary alicyclic amines) is 1. The van der Waals surface area contributed by atoms with E-state index in [0.717, 1.165) is 30.6 Å². The minimum absolute atomic E-state index is 0.0792. The molecule has 2 N–H and O–H groups in total. The van der Waals surface area contributed by atoms with E-state index in [9.17, 15) is 24.0 Å². The molecule has 150 valence electrons. The smallest absolute Gasteiger partial charge is 0.249 e. The molecule has 2 fully saturated rings. The molecule has 0 spiro atoms. The molecular formula is C20H25N3O5. The molecule has 5 amide bonds. The number of fused-ring (bicyclic) bond motifs is 1. The maximum atomic E-state index is 13.0. The van der Waals surface area contributed by atoms with Gasteiger partial charge in [-0.05, 0) is 18.9 Å². The molecule has 1 aliphatic carbocycles. The van der Waals surface area contributed by atoms with Gasteiger partial charge in [-0.1, -0.05) is 38.3 Å². The molecule has 3 atom stereocenters. The summed E-state index contributed by atoms with van der Waals surface area (Å²) in [6, 6.07) is -0.984. The predicted octanol–water partition coefficient (Wildman–Crippen LogP) is 0.933. The van der Waals surface area contributed by atoms with Gasteiger partial charge in [0.15, 0.2) is 0 Å². The lowest BCUT2D eigenvalue weighted by Crippen LogP contribution is -2.54. The third-order valence-electron chi connectivity index (χ3n) is 5.38. The van der Waals surface area contributed by atoms with Gasteiger partial charge >= 0.3 is 0 Å². The van der Waals surface area contributed by atoms with Gasteiger partial charge in [0.2, 0.25) is 29.5 Å². The number of imide groups is 2. The Balaban J connectivity index is 1.70. The summed E-state index contributed by atoms with van der Waals surface area (Å²) in [5.74, 6) is -3.77. The molecule has 2 heterocycles. The van der Waals surface area contributed by atoms with E-state index in [1.807, 2.05) is 0 Å². The van der Waals surface area contributed by atoms with Gasteiger partial charge in [-0.3, -0.25) is 34.2 Å². The number of nitrogens with zero attached hydrogens (tertiary/aromatic N) is 1. The van der Waals surface area contributed by atoms with Crippen molar-refractivity contribution in [3.8, 4) is 0 Å². The zero-order valence-corrected chi connectivity index (χ0v) is 15.9. The van der Waals surface area contributed by atoms with Crippen LogP contribution in [0.2, 0.25) is 0 Å². The van der Waals surface area contributed by atoms with E-state index in [4.69, 9.17) is 0 Å². The van der Waals surface area contributed by atoms with Crippen molar-refractivity contribution in [3.63, 3.8) is 0 Å². The molecule has 3 rings (SSSR count). The van der Waals surface area contributed by atoms with Crippen LogP contribution < -0.4 is 10.6 Å². The van der Waals surface area contributed by atoms with Gasteiger partial charge in [0.25, 0.3) is 0 Å². The van der Waals surface area contributed by atoms with Gasteiger partial charge in [-0.2, -0.15) is 0 Å². The molecule has 8 heteroatoms. The first-order valence-corrected chi connectivity index (χ1v) is 9.83. The highest BCUT2D eigenvalue weighted by molar-refractivity contribution is 6.12. The number of nitrogens with one attached hydrogen (secondary N) is 2. The van der Waals surface area contributed by atoms with Crippen LogP contribution in [0.5, 0.6) is 0 Å². The topological polar surface area (TPSA) is 113 Å². The van der Waals surface area contributed by atoms with Crippen LogP contribution in [0, 0.1) is 11.8 Å². The van der Waals surface area contributed by atoms with Crippen molar-refractivity contribution in [2.75, 3.05) is 0 Å². The Morgan fingerprint density at radius 3 is 2.68 bits per heavy atom. The summed E-state index contributed by atoms with van der Waals surface area (Å²) in [5.41, 5.74) is 0.390. The maximum absolute atomic E-state index is 13.0. The first kappa shape index (κ1) is 20.0. The first-order chi connectivity index (χ1) is 13.4. The molecule has 3 unspecified atom stereocenters. The fourth-order valence-corrected chi connectivity index (χ4v) is 3.91. The van der Waals surface area contributed by atoms with E-state index >= 15 is 0 Å². The van der Waals surface area contributed by atoms with Crippen LogP contribution in [0.4, 0.5) is 0 Å². The Bertz CT molecular complexity index is 770. The minimum atomic E-state index is -0.984. The highest BCUT2D eigenvalue weighted by atomic mass is 16.2. The number of carbonyl (C=O) groups excluding carboxylic acids is 5. The van der Waals surface area contributed by atoms with E-state index in [1.165, 1.54) is 0 Å². The second kappa shape index (κ2) is 8.50. The summed E-state index contributed by atoms with van der Waals surface area (Å²) >= 11 is 0. The Kier molecular flexibility index (Phi) is 6.06. The number of hydrogen-bond donors (Lipinski definition) is 2. The molecule has 3 aliphatic rings. The van der Waals surface area contributed by atoms with Crippen molar-refractivity contribution < 1.29 is 24.0 Å². The van der Waals surface area contributed by atoms with E-state index in [2.05, 4.69) is 17.6 Å². The number of piperidine rings is 1. The average molecular weight is 387 g/mol. The van der Waals surface area contributed by atoms with E-state index < -0.39 is 41.5 Å². The number of amides is 5. The van der Waals surface area contributed by atoms with Crippen LogP contribution in [-0.2, 0) is 24.0 Å². The lowest BCUT2D eigenvalue weighted by atomic mass is 9.87. The largest absolute Gasteiger partial charge is 0.329 e. The number of unbranched alkanes of at least 4 members (excludes halogenated alkanes) is 3. The van der Waals surface area contributed by atoms with Crippen molar-refractivity contribution in [3.05, 3.63) is 23.9 Å². The van der Waals surface area contributed by atoms with Crippen molar-refractivity contribution in [1.29, 1.82) is 0 Å². The van der Waals surface area contributed by atoms with E-state index in [0.29, 0.717) is 12.1 Å². The summed E-state index contributed by atoms with van der Waals surface area (Å²) in [4.78, 5) is 62.5. The van der Waals surface area contributed by atoms with Crippen LogP contribution in [0.25, 0.3) is 0 Å². The molecule has 2 saturated heterocycles. The second-order valence-electron chi connectivity index (χ2n) is 7.38. The van der Waals surface area contributed by atoms with Crippen molar-refractivity contribution >= 4 is 29.5 Å². The minimum Gasteiger partial charge on any atom is -0.329 e. The third-order valence-corrected chi connectivity index (χ3v) is 5.38. The van der Waals surface area contributed by atoms with Crippen LogP contribution in [0.3, 0.4) is 0 Å². The Labute approximate surface area is 163 Å². The molecule has 28 heavy (non-hydrogen) atoms. The number of hydrogen-bond acceptors (Lipinski definition) is 5. The highest BCUT2D eigenvalue weighted by Gasteiger charge is 2.53. The first-order valence-electron chi connectivity index (χ1n) is 9.83. The molecule has 2 aliphatic heterocycles.